The number of nitrogens with one attached hydrogen (secondary N) is 2. The minimum Gasteiger partial charge on any atom is -0.495 e. The molecule has 3 rings (SSSR count). The van der Waals surface area contributed by atoms with E-state index in [2.05, 4.69) is 24.7 Å². The molecule has 0 saturated heterocycles. The molecule has 0 aliphatic carbocycles. The van der Waals surface area contributed by atoms with Gasteiger partial charge in [0.05, 0.1) is 29.6 Å². The van der Waals surface area contributed by atoms with Crippen molar-refractivity contribution < 1.29 is 35.9 Å². The number of alkyl halides is 3. The van der Waals surface area contributed by atoms with Crippen molar-refractivity contribution in [2.45, 2.75) is 44.5 Å². The van der Waals surface area contributed by atoms with E-state index < -0.39 is 28.8 Å². The summed E-state index contributed by atoms with van der Waals surface area (Å²) < 4.78 is 75.6. The first-order valence-electron chi connectivity index (χ1n) is 10.5. The molecule has 0 aliphatic rings. The number of halogens is 4. The SMILES string of the molecule is COc1ccc(-c2sc(NC(C)C)nc2C)cc1S(=O)(=O)Nc1cnc(Cl)c(COC(=O)C(F)(F)F)c1. The number of thiazole rings is 1. The highest BCUT2D eigenvalue weighted by Crippen LogP contribution is 2.37. The van der Waals surface area contributed by atoms with Crippen molar-refractivity contribution in [2.24, 2.45) is 0 Å². The number of ether oxygens (including phenoxy) is 2. The largest absolute Gasteiger partial charge is 0.495 e. The molecular weight excluding hydrogens is 557 g/mol. The highest BCUT2D eigenvalue weighted by atomic mass is 35.5. The van der Waals surface area contributed by atoms with Crippen molar-refractivity contribution in [1.82, 2.24) is 9.97 Å². The van der Waals surface area contributed by atoms with E-state index >= 15 is 0 Å². The summed E-state index contributed by atoms with van der Waals surface area (Å²) in [7, 11) is -2.96. The molecule has 2 N–H and O–H groups in total. The molecule has 0 saturated carbocycles. The third-order valence-corrected chi connectivity index (χ3v) is 7.56. The second-order valence-corrected chi connectivity index (χ2v) is 11.0. The Morgan fingerprint density at radius 2 is 1.95 bits per heavy atom. The van der Waals surface area contributed by atoms with Gasteiger partial charge in [-0.05, 0) is 50.6 Å². The number of carbonyl (C=O) groups is 1. The molecule has 37 heavy (non-hydrogen) atoms. The molecule has 3 aromatic rings. The minimum absolute atomic E-state index is 0.0557. The highest BCUT2D eigenvalue weighted by Gasteiger charge is 2.41. The maximum absolute atomic E-state index is 13.3. The average Bonchev–Trinajstić information content (AvgIpc) is 3.16. The standard InChI is InChI=1S/C22H22ClF3N4O5S2/c1-11(2)28-21-29-12(3)18(36-21)13-5-6-16(34-4)17(8-13)37(32,33)30-15-7-14(19(23)27-9-15)10-35-20(31)22(24,25)26/h5-9,11,30H,10H2,1-4H3,(H,28,29). The van der Waals surface area contributed by atoms with Crippen LogP contribution in [0, 0.1) is 6.92 Å². The summed E-state index contributed by atoms with van der Waals surface area (Å²) >= 11 is 7.24. The fourth-order valence-corrected chi connectivity index (χ4v) is 5.58. The molecule has 200 valence electrons. The summed E-state index contributed by atoms with van der Waals surface area (Å²) in [4.78, 5) is 19.8. The van der Waals surface area contributed by atoms with Gasteiger partial charge in [0.1, 0.15) is 22.4 Å². The zero-order valence-electron chi connectivity index (χ0n) is 19.9. The molecule has 0 fully saturated rings. The van der Waals surface area contributed by atoms with Crippen LogP contribution >= 0.6 is 22.9 Å². The molecule has 9 nitrogen and oxygen atoms in total. The van der Waals surface area contributed by atoms with Crippen LogP contribution in [0.3, 0.4) is 0 Å². The first kappa shape index (κ1) is 28.5. The lowest BCUT2D eigenvalue weighted by molar-refractivity contribution is -0.201. The number of hydrogen-bond donors (Lipinski definition) is 2. The Morgan fingerprint density at radius 3 is 2.57 bits per heavy atom. The van der Waals surface area contributed by atoms with Crippen LogP contribution in [0.15, 0.2) is 35.4 Å². The Kier molecular flexibility index (Phi) is 8.55. The van der Waals surface area contributed by atoms with Crippen LogP contribution in [0.25, 0.3) is 10.4 Å². The Morgan fingerprint density at radius 1 is 1.24 bits per heavy atom. The average molecular weight is 579 g/mol. The number of sulfonamides is 1. The van der Waals surface area contributed by atoms with Gasteiger partial charge in [-0.25, -0.2) is 23.2 Å². The number of nitrogens with zero attached hydrogens (tertiary/aromatic N) is 2. The summed E-state index contributed by atoms with van der Waals surface area (Å²) in [6.07, 6.45) is -4.12. The molecule has 2 aromatic heterocycles. The van der Waals surface area contributed by atoms with Crippen LogP contribution in [-0.2, 0) is 26.2 Å². The lowest BCUT2D eigenvalue weighted by atomic mass is 10.1. The number of esters is 1. The third-order valence-electron chi connectivity index (χ3n) is 4.68. The Bertz CT molecular complexity index is 1410. The van der Waals surface area contributed by atoms with Crippen molar-refractivity contribution in [3.63, 3.8) is 0 Å². The molecule has 0 atom stereocenters. The van der Waals surface area contributed by atoms with Gasteiger partial charge < -0.3 is 14.8 Å². The molecule has 0 radical (unpaired) electrons. The van der Waals surface area contributed by atoms with Crippen molar-refractivity contribution in [2.75, 3.05) is 17.1 Å². The van der Waals surface area contributed by atoms with E-state index in [-0.39, 0.29) is 33.1 Å². The molecule has 0 bridgehead atoms. The Hall–Kier alpha value is -3.10. The molecule has 0 aliphatic heterocycles. The fourth-order valence-electron chi connectivity index (χ4n) is 3.09. The van der Waals surface area contributed by atoms with Crippen LogP contribution in [0.5, 0.6) is 5.75 Å². The zero-order valence-corrected chi connectivity index (χ0v) is 22.3. The van der Waals surface area contributed by atoms with E-state index in [0.29, 0.717) is 16.4 Å². The van der Waals surface area contributed by atoms with E-state index in [1.54, 1.807) is 13.0 Å². The van der Waals surface area contributed by atoms with E-state index in [4.69, 9.17) is 16.3 Å². The predicted molar refractivity (Wildman–Crippen MR) is 134 cm³/mol. The van der Waals surface area contributed by atoms with Crippen LogP contribution in [0.2, 0.25) is 5.15 Å². The molecular formula is C22H22ClF3N4O5S2. The number of rotatable bonds is 9. The Labute approximate surface area is 220 Å². The van der Waals surface area contributed by atoms with Crippen LogP contribution in [0.4, 0.5) is 24.0 Å². The lowest BCUT2D eigenvalue weighted by Gasteiger charge is -2.14. The van der Waals surface area contributed by atoms with Gasteiger partial charge in [0.15, 0.2) is 5.13 Å². The van der Waals surface area contributed by atoms with Gasteiger partial charge in [-0.15, -0.1) is 0 Å². The molecule has 0 amide bonds. The van der Waals surface area contributed by atoms with Crippen molar-refractivity contribution in [1.29, 1.82) is 0 Å². The van der Waals surface area contributed by atoms with Crippen molar-refractivity contribution in [3.05, 3.63) is 46.9 Å². The number of methoxy groups -OCH3 is 1. The molecule has 15 heteroatoms. The minimum atomic E-state index is -5.19. The predicted octanol–water partition coefficient (Wildman–Crippen LogP) is 5.40. The lowest BCUT2D eigenvalue weighted by Crippen LogP contribution is -2.25. The second kappa shape index (κ2) is 11.1. The van der Waals surface area contributed by atoms with Crippen LogP contribution in [-0.4, -0.2) is 43.7 Å². The van der Waals surface area contributed by atoms with Crippen LogP contribution < -0.4 is 14.8 Å². The van der Waals surface area contributed by atoms with Gasteiger partial charge in [-0.3, -0.25) is 4.72 Å². The smallest absolute Gasteiger partial charge is 0.490 e. The van der Waals surface area contributed by atoms with Gasteiger partial charge in [0.2, 0.25) is 0 Å². The zero-order chi connectivity index (χ0) is 27.5. The van der Waals surface area contributed by atoms with Gasteiger partial charge in [0, 0.05) is 11.6 Å². The quantitative estimate of drug-likeness (QED) is 0.256. The van der Waals surface area contributed by atoms with Gasteiger partial charge in [-0.2, -0.15) is 13.2 Å². The fraction of sp³-hybridized carbons (Fsp3) is 0.318. The number of aromatic nitrogens is 2. The number of hydrogen-bond acceptors (Lipinski definition) is 9. The normalized spacial score (nSPS) is 11.9. The van der Waals surface area contributed by atoms with E-state index in [0.717, 1.165) is 17.1 Å². The molecule has 0 unspecified atom stereocenters. The summed E-state index contributed by atoms with van der Waals surface area (Å²) in [5.41, 5.74) is 1.04. The monoisotopic (exact) mass is 578 g/mol. The van der Waals surface area contributed by atoms with Crippen LogP contribution in [0.1, 0.15) is 25.1 Å². The Balaban J connectivity index is 1.92. The summed E-state index contributed by atoms with van der Waals surface area (Å²) in [5.74, 6) is -2.36. The summed E-state index contributed by atoms with van der Waals surface area (Å²) in [5, 5.41) is 3.64. The van der Waals surface area contributed by atoms with Crippen molar-refractivity contribution in [3.8, 4) is 16.2 Å². The first-order chi connectivity index (χ1) is 17.2. The summed E-state index contributed by atoms with van der Waals surface area (Å²) in [6, 6.07) is 5.90. The van der Waals surface area contributed by atoms with E-state index in [1.165, 1.54) is 30.6 Å². The number of benzene rings is 1. The molecule has 1 aromatic carbocycles. The number of aryl methyl sites for hydroxylation is 1. The maximum Gasteiger partial charge on any atom is 0.490 e. The van der Waals surface area contributed by atoms with Gasteiger partial charge in [-0.1, -0.05) is 22.9 Å². The molecule has 2 heterocycles. The number of carbonyl (C=O) groups excluding carboxylic acids is 1. The third kappa shape index (κ3) is 7.02. The maximum atomic E-state index is 13.3. The van der Waals surface area contributed by atoms with Crippen molar-refractivity contribution >= 4 is 49.7 Å². The topological polar surface area (TPSA) is 120 Å². The van der Waals surface area contributed by atoms with E-state index in [1.807, 2.05) is 13.8 Å². The van der Waals surface area contributed by atoms with Gasteiger partial charge in [0.25, 0.3) is 10.0 Å². The number of anilines is 2. The van der Waals surface area contributed by atoms with E-state index in [9.17, 15) is 26.4 Å². The van der Waals surface area contributed by atoms with Gasteiger partial charge >= 0.3 is 12.1 Å². The number of pyridine rings is 1. The highest BCUT2D eigenvalue weighted by molar-refractivity contribution is 7.92. The second-order valence-electron chi connectivity index (χ2n) is 7.95. The molecule has 0 spiro atoms. The summed E-state index contributed by atoms with van der Waals surface area (Å²) in [6.45, 7) is 4.88. The first-order valence-corrected chi connectivity index (χ1v) is 13.2.